The highest BCUT2D eigenvalue weighted by Gasteiger charge is 2.22. The van der Waals surface area contributed by atoms with Crippen LogP contribution in [0.2, 0.25) is 0 Å². The lowest BCUT2D eigenvalue weighted by molar-refractivity contribution is 0.598. The molecule has 2 rings (SSSR count). The van der Waals surface area contributed by atoms with E-state index in [0.717, 1.165) is 0 Å². The summed E-state index contributed by atoms with van der Waals surface area (Å²) in [6.45, 7) is 1.82. The van der Waals surface area contributed by atoms with E-state index in [2.05, 4.69) is 10.2 Å². The van der Waals surface area contributed by atoms with Gasteiger partial charge >= 0.3 is 0 Å². The summed E-state index contributed by atoms with van der Waals surface area (Å²) in [5, 5.41) is 25.2. The van der Waals surface area contributed by atoms with Gasteiger partial charge in [-0.1, -0.05) is 0 Å². The van der Waals surface area contributed by atoms with Crippen LogP contribution < -0.4 is 0 Å². The maximum Gasteiger partial charge on any atom is 0.159 e. The molecule has 5 nitrogen and oxygen atoms in total. The van der Waals surface area contributed by atoms with Crippen LogP contribution >= 0.6 is 0 Å². The SMILES string of the molecule is CC1N=Nc2cc(C#N)c(C#N)n21. The van der Waals surface area contributed by atoms with Gasteiger partial charge in [0.2, 0.25) is 0 Å². The van der Waals surface area contributed by atoms with Gasteiger partial charge in [-0.2, -0.15) is 15.6 Å². The molecule has 0 saturated heterocycles. The van der Waals surface area contributed by atoms with Crippen molar-refractivity contribution in [3.05, 3.63) is 17.3 Å². The summed E-state index contributed by atoms with van der Waals surface area (Å²) in [6.07, 6.45) is -0.174. The van der Waals surface area contributed by atoms with E-state index < -0.39 is 0 Å². The van der Waals surface area contributed by atoms with Gasteiger partial charge in [0.15, 0.2) is 5.82 Å². The second kappa shape index (κ2) is 2.43. The van der Waals surface area contributed by atoms with Gasteiger partial charge in [0.1, 0.15) is 24.0 Å². The predicted octanol–water partition coefficient (Wildman–Crippen LogP) is 1.85. The topological polar surface area (TPSA) is 77.2 Å². The van der Waals surface area contributed by atoms with Crippen LogP contribution in [0, 0.1) is 22.7 Å². The monoisotopic (exact) mass is 171 g/mol. The van der Waals surface area contributed by atoms with Crippen LogP contribution in [0.25, 0.3) is 0 Å². The number of hydrogen-bond acceptors (Lipinski definition) is 4. The molecule has 1 aromatic heterocycles. The first-order valence-electron chi connectivity index (χ1n) is 3.74. The van der Waals surface area contributed by atoms with Crippen molar-refractivity contribution in [1.29, 1.82) is 10.5 Å². The molecule has 0 aliphatic carbocycles. The third-order valence-electron chi connectivity index (χ3n) is 1.94. The molecule has 1 aliphatic heterocycles. The highest BCUT2D eigenvalue weighted by atomic mass is 15.4. The third-order valence-corrected chi connectivity index (χ3v) is 1.94. The standard InChI is InChI=1S/C8H5N5/c1-5-11-12-8-2-6(3-9)7(4-10)13(5)8/h2,5H,1H3. The first kappa shape index (κ1) is 7.51. The van der Waals surface area contributed by atoms with Crippen molar-refractivity contribution in [2.75, 3.05) is 0 Å². The van der Waals surface area contributed by atoms with Gasteiger partial charge in [0, 0.05) is 6.07 Å². The van der Waals surface area contributed by atoms with Crippen molar-refractivity contribution >= 4 is 5.82 Å². The van der Waals surface area contributed by atoms with Crippen LogP contribution in [0.15, 0.2) is 16.3 Å². The molecule has 1 aliphatic rings. The number of fused-ring (bicyclic) bond motifs is 1. The first-order chi connectivity index (χ1) is 6.27. The minimum atomic E-state index is -0.174. The Balaban J connectivity index is 2.72. The minimum absolute atomic E-state index is 0.174. The molecule has 1 unspecified atom stereocenters. The Morgan fingerprint density at radius 3 is 2.85 bits per heavy atom. The molecular weight excluding hydrogens is 166 g/mol. The van der Waals surface area contributed by atoms with Crippen molar-refractivity contribution in [3.8, 4) is 12.1 Å². The van der Waals surface area contributed by atoms with Gasteiger partial charge in [0.05, 0.1) is 5.56 Å². The van der Waals surface area contributed by atoms with Gasteiger partial charge in [0.25, 0.3) is 0 Å². The average Bonchev–Trinajstić information content (AvgIpc) is 2.65. The van der Waals surface area contributed by atoms with Gasteiger partial charge in [-0.25, -0.2) is 0 Å². The smallest absolute Gasteiger partial charge is 0.159 e. The van der Waals surface area contributed by atoms with E-state index in [1.54, 1.807) is 10.6 Å². The lowest BCUT2D eigenvalue weighted by atomic mass is 10.3. The summed E-state index contributed by atoms with van der Waals surface area (Å²) < 4.78 is 1.65. The van der Waals surface area contributed by atoms with E-state index in [-0.39, 0.29) is 6.17 Å². The van der Waals surface area contributed by atoms with Gasteiger partial charge in [-0.15, -0.1) is 5.11 Å². The molecular formula is C8H5N5. The fraction of sp³-hybridized carbons (Fsp3) is 0.250. The summed E-state index contributed by atoms with van der Waals surface area (Å²) in [4.78, 5) is 0. The lowest BCUT2D eigenvalue weighted by Crippen LogP contribution is -2.00. The molecule has 0 N–H and O–H groups in total. The largest absolute Gasteiger partial charge is 0.290 e. The molecule has 0 bridgehead atoms. The Bertz CT molecular complexity index is 468. The summed E-state index contributed by atoms with van der Waals surface area (Å²) in [5.74, 6) is 0.584. The van der Waals surface area contributed by atoms with Crippen molar-refractivity contribution in [2.45, 2.75) is 13.1 Å². The number of azo groups is 1. The highest BCUT2D eigenvalue weighted by Crippen LogP contribution is 2.32. The van der Waals surface area contributed by atoms with E-state index in [9.17, 15) is 0 Å². The molecule has 0 aromatic carbocycles. The first-order valence-corrected chi connectivity index (χ1v) is 3.74. The second-order valence-electron chi connectivity index (χ2n) is 2.71. The normalized spacial score (nSPS) is 17.9. The van der Waals surface area contributed by atoms with Crippen molar-refractivity contribution < 1.29 is 0 Å². The minimum Gasteiger partial charge on any atom is -0.290 e. The molecule has 0 saturated carbocycles. The molecule has 13 heavy (non-hydrogen) atoms. The molecule has 5 heteroatoms. The maximum atomic E-state index is 8.82. The Hall–Kier alpha value is -2.14. The van der Waals surface area contributed by atoms with Gasteiger partial charge in [-0.3, -0.25) is 4.57 Å². The molecule has 2 heterocycles. The zero-order valence-electron chi connectivity index (χ0n) is 6.89. The summed E-state index contributed by atoms with van der Waals surface area (Å²) in [7, 11) is 0. The van der Waals surface area contributed by atoms with Crippen LogP contribution in [-0.2, 0) is 0 Å². The quantitative estimate of drug-likeness (QED) is 0.597. The fourth-order valence-corrected chi connectivity index (χ4v) is 1.36. The Morgan fingerprint density at radius 1 is 1.46 bits per heavy atom. The fourth-order valence-electron chi connectivity index (χ4n) is 1.36. The molecule has 1 atom stereocenters. The van der Waals surface area contributed by atoms with Crippen LogP contribution in [0.4, 0.5) is 5.82 Å². The number of nitrogens with zero attached hydrogens (tertiary/aromatic N) is 5. The Kier molecular flexibility index (Phi) is 1.40. The second-order valence-corrected chi connectivity index (χ2v) is 2.71. The van der Waals surface area contributed by atoms with Crippen LogP contribution in [0.5, 0.6) is 0 Å². The highest BCUT2D eigenvalue weighted by molar-refractivity contribution is 5.53. The maximum absolute atomic E-state index is 8.82. The van der Waals surface area contributed by atoms with Crippen molar-refractivity contribution in [3.63, 3.8) is 0 Å². The number of nitriles is 2. The number of hydrogen-bond donors (Lipinski definition) is 0. The van der Waals surface area contributed by atoms with Crippen molar-refractivity contribution in [1.82, 2.24) is 4.57 Å². The van der Waals surface area contributed by atoms with Crippen LogP contribution in [0.3, 0.4) is 0 Å². The zero-order valence-corrected chi connectivity index (χ0v) is 6.89. The molecule has 0 radical (unpaired) electrons. The number of rotatable bonds is 0. The molecule has 0 fully saturated rings. The number of aromatic nitrogens is 1. The summed E-state index contributed by atoms with van der Waals surface area (Å²) in [5.41, 5.74) is 0.706. The Morgan fingerprint density at radius 2 is 2.23 bits per heavy atom. The zero-order chi connectivity index (χ0) is 9.42. The van der Waals surface area contributed by atoms with Gasteiger partial charge in [-0.05, 0) is 6.92 Å². The molecule has 0 spiro atoms. The predicted molar refractivity (Wildman–Crippen MR) is 43.1 cm³/mol. The van der Waals surface area contributed by atoms with E-state index in [1.807, 2.05) is 19.1 Å². The van der Waals surface area contributed by atoms with Crippen molar-refractivity contribution in [2.24, 2.45) is 10.2 Å². The summed E-state index contributed by atoms with van der Waals surface area (Å²) >= 11 is 0. The summed E-state index contributed by atoms with van der Waals surface area (Å²) in [6, 6.07) is 5.50. The van der Waals surface area contributed by atoms with Crippen LogP contribution in [-0.4, -0.2) is 4.57 Å². The van der Waals surface area contributed by atoms with E-state index >= 15 is 0 Å². The lowest BCUT2D eigenvalue weighted by Gasteiger charge is -2.02. The van der Waals surface area contributed by atoms with E-state index in [0.29, 0.717) is 17.1 Å². The van der Waals surface area contributed by atoms with Gasteiger partial charge < -0.3 is 0 Å². The molecule has 1 aromatic rings. The van der Waals surface area contributed by atoms with E-state index in [4.69, 9.17) is 10.5 Å². The molecule has 0 amide bonds. The average molecular weight is 171 g/mol. The Labute approximate surface area is 74.5 Å². The third kappa shape index (κ3) is 0.844. The van der Waals surface area contributed by atoms with Crippen LogP contribution in [0.1, 0.15) is 24.3 Å². The molecule has 62 valence electrons. The van der Waals surface area contributed by atoms with E-state index in [1.165, 1.54) is 0 Å².